The fourth-order valence-corrected chi connectivity index (χ4v) is 1.41. The molecule has 0 aromatic heterocycles. The second-order valence-electron chi connectivity index (χ2n) is 3.68. The van der Waals surface area contributed by atoms with Gasteiger partial charge >= 0.3 is 0 Å². The summed E-state index contributed by atoms with van der Waals surface area (Å²) in [5.41, 5.74) is 6.41. The number of hydrogen-bond acceptors (Lipinski definition) is 4. The van der Waals surface area contributed by atoms with Crippen LogP contribution in [0.3, 0.4) is 0 Å². The number of rotatable bonds is 5. The molecule has 0 radical (unpaired) electrons. The minimum absolute atomic E-state index is 0. The van der Waals surface area contributed by atoms with Crippen molar-refractivity contribution in [3.05, 3.63) is 29.8 Å². The first-order valence-electron chi connectivity index (χ1n) is 5.46. The number of ether oxygens (including phenoxy) is 1. The molecule has 0 fully saturated rings. The Balaban J connectivity index is 0.00000324. The van der Waals surface area contributed by atoms with Gasteiger partial charge in [-0.3, -0.25) is 9.59 Å². The average Bonchev–Trinajstić information content (AvgIpc) is 2.38. The van der Waals surface area contributed by atoms with Crippen LogP contribution in [-0.4, -0.2) is 38.6 Å². The molecule has 4 N–H and O–H groups in total. The molecule has 1 atom stereocenters. The Hall–Kier alpha value is -1.63. The molecule has 0 aliphatic heterocycles. The SMILES string of the molecule is CNC(=O)c1ccccc1NC(=O)C(N)COC.Cl. The lowest BCUT2D eigenvalue weighted by Crippen LogP contribution is -2.39. The molecule has 106 valence electrons. The molecule has 1 aromatic carbocycles. The number of para-hydroxylation sites is 1. The van der Waals surface area contributed by atoms with Crippen molar-refractivity contribution in [3.63, 3.8) is 0 Å². The van der Waals surface area contributed by atoms with Crippen molar-refractivity contribution in [2.75, 3.05) is 26.1 Å². The molecule has 0 aliphatic rings. The number of amides is 2. The number of anilines is 1. The van der Waals surface area contributed by atoms with E-state index >= 15 is 0 Å². The molecule has 1 aromatic rings. The topological polar surface area (TPSA) is 93.5 Å². The van der Waals surface area contributed by atoms with Gasteiger partial charge in [0.2, 0.25) is 5.91 Å². The van der Waals surface area contributed by atoms with E-state index < -0.39 is 11.9 Å². The fraction of sp³-hybridized carbons (Fsp3) is 0.333. The van der Waals surface area contributed by atoms with Crippen molar-refractivity contribution >= 4 is 29.9 Å². The Morgan fingerprint density at radius 2 is 2.00 bits per heavy atom. The molecule has 2 amide bonds. The van der Waals surface area contributed by atoms with Crippen molar-refractivity contribution in [3.8, 4) is 0 Å². The van der Waals surface area contributed by atoms with Crippen molar-refractivity contribution in [1.82, 2.24) is 5.32 Å². The molecule has 0 bridgehead atoms. The zero-order valence-electron chi connectivity index (χ0n) is 10.8. The first kappa shape index (κ1) is 17.4. The summed E-state index contributed by atoms with van der Waals surface area (Å²) in [5.74, 6) is -0.667. The number of halogens is 1. The molecule has 6 nitrogen and oxygen atoms in total. The standard InChI is InChI=1S/C12H17N3O3.ClH/c1-14-11(16)8-5-3-4-6-10(8)15-12(17)9(13)7-18-2;/h3-6,9H,7,13H2,1-2H3,(H,14,16)(H,15,17);1H. The van der Waals surface area contributed by atoms with Gasteiger partial charge in [0.1, 0.15) is 6.04 Å². The molecular formula is C12H18ClN3O3. The van der Waals surface area contributed by atoms with Crippen LogP contribution in [0.5, 0.6) is 0 Å². The summed E-state index contributed by atoms with van der Waals surface area (Å²) in [5, 5.41) is 5.11. The van der Waals surface area contributed by atoms with Crippen LogP contribution in [0.4, 0.5) is 5.69 Å². The van der Waals surface area contributed by atoms with E-state index in [1.165, 1.54) is 14.2 Å². The molecule has 7 heteroatoms. The summed E-state index contributed by atoms with van der Waals surface area (Å²) >= 11 is 0. The largest absolute Gasteiger partial charge is 0.383 e. The Bertz CT molecular complexity index is 440. The van der Waals surface area contributed by atoms with Crippen LogP contribution in [0.2, 0.25) is 0 Å². The number of nitrogens with two attached hydrogens (primary N) is 1. The van der Waals surface area contributed by atoms with Crippen LogP contribution in [0.1, 0.15) is 10.4 Å². The lowest BCUT2D eigenvalue weighted by atomic mass is 10.1. The highest BCUT2D eigenvalue weighted by Crippen LogP contribution is 2.14. The normalized spacial score (nSPS) is 11.1. The van der Waals surface area contributed by atoms with Gasteiger partial charge in [0.25, 0.3) is 5.91 Å². The third-order valence-electron chi connectivity index (χ3n) is 2.34. The first-order valence-corrected chi connectivity index (χ1v) is 5.46. The average molecular weight is 288 g/mol. The van der Waals surface area contributed by atoms with Crippen LogP contribution in [-0.2, 0) is 9.53 Å². The first-order chi connectivity index (χ1) is 8.60. The number of methoxy groups -OCH3 is 1. The Labute approximate surface area is 118 Å². The summed E-state index contributed by atoms with van der Waals surface area (Å²) in [4.78, 5) is 23.3. The van der Waals surface area contributed by atoms with Crippen LogP contribution in [0, 0.1) is 0 Å². The Morgan fingerprint density at radius 1 is 1.37 bits per heavy atom. The molecule has 0 spiro atoms. The number of carbonyl (C=O) groups excluding carboxylic acids is 2. The van der Waals surface area contributed by atoms with E-state index in [1.807, 2.05) is 0 Å². The number of carbonyl (C=O) groups is 2. The highest BCUT2D eigenvalue weighted by Gasteiger charge is 2.16. The molecule has 19 heavy (non-hydrogen) atoms. The lowest BCUT2D eigenvalue weighted by molar-refractivity contribution is -0.118. The minimum Gasteiger partial charge on any atom is -0.383 e. The highest BCUT2D eigenvalue weighted by molar-refractivity contribution is 6.04. The highest BCUT2D eigenvalue weighted by atomic mass is 35.5. The van der Waals surface area contributed by atoms with Crippen LogP contribution in [0.25, 0.3) is 0 Å². The van der Waals surface area contributed by atoms with Gasteiger partial charge in [-0.2, -0.15) is 0 Å². The van der Waals surface area contributed by atoms with Gasteiger partial charge in [0.05, 0.1) is 17.9 Å². The molecule has 0 saturated carbocycles. The van der Waals surface area contributed by atoms with E-state index in [0.29, 0.717) is 11.3 Å². The molecular weight excluding hydrogens is 270 g/mol. The number of hydrogen-bond donors (Lipinski definition) is 3. The van der Waals surface area contributed by atoms with Crippen LogP contribution >= 0.6 is 12.4 Å². The summed E-state index contributed by atoms with van der Waals surface area (Å²) in [6.45, 7) is 0.119. The second-order valence-corrected chi connectivity index (χ2v) is 3.68. The fourth-order valence-electron chi connectivity index (χ4n) is 1.41. The van der Waals surface area contributed by atoms with E-state index in [9.17, 15) is 9.59 Å². The Kier molecular flexibility index (Phi) is 7.74. The summed E-state index contributed by atoms with van der Waals surface area (Å²) in [6.07, 6.45) is 0. The molecule has 1 rings (SSSR count). The van der Waals surface area contributed by atoms with Gasteiger partial charge in [-0.25, -0.2) is 0 Å². The maximum atomic E-state index is 11.7. The summed E-state index contributed by atoms with van der Waals surface area (Å²) < 4.78 is 4.80. The van der Waals surface area contributed by atoms with E-state index in [2.05, 4.69) is 10.6 Å². The second kappa shape index (κ2) is 8.47. The predicted molar refractivity (Wildman–Crippen MR) is 75.6 cm³/mol. The number of nitrogens with one attached hydrogen (secondary N) is 2. The van der Waals surface area contributed by atoms with Gasteiger partial charge in [-0.1, -0.05) is 12.1 Å². The third-order valence-corrected chi connectivity index (χ3v) is 2.34. The quantitative estimate of drug-likeness (QED) is 0.730. The van der Waals surface area contributed by atoms with Gasteiger partial charge < -0.3 is 21.1 Å². The number of benzene rings is 1. The van der Waals surface area contributed by atoms with Crippen molar-refractivity contribution in [2.24, 2.45) is 5.73 Å². The zero-order chi connectivity index (χ0) is 13.5. The van der Waals surface area contributed by atoms with E-state index in [-0.39, 0.29) is 24.9 Å². The third kappa shape index (κ3) is 4.86. The lowest BCUT2D eigenvalue weighted by Gasteiger charge is -2.13. The monoisotopic (exact) mass is 287 g/mol. The smallest absolute Gasteiger partial charge is 0.253 e. The molecule has 0 heterocycles. The van der Waals surface area contributed by atoms with E-state index in [0.717, 1.165) is 0 Å². The van der Waals surface area contributed by atoms with Crippen LogP contribution < -0.4 is 16.4 Å². The van der Waals surface area contributed by atoms with Gasteiger partial charge in [0.15, 0.2) is 0 Å². The maximum absolute atomic E-state index is 11.7. The zero-order valence-corrected chi connectivity index (χ0v) is 11.6. The van der Waals surface area contributed by atoms with E-state index in [1.54, 1.807) is 24.3 Å². The van der Waals surface area contributed by atoms with Gasteiger partial charge in [-0.15, -0.1) is 12.4 Å². The summed E-state index contributed by atoms with van der Waals surface area (Å²) in [6, 6.07) is 5.94. The van der Waals surface area contributed by atoms with Crippen molar-refractivity contribution in [1.29, 1.82) is 0 Å². The minimum atomic E-state index is -0.771. The predicted octanol–water partition coefficient (Wildman–Crippen LogP) is 0.380. The maximum Gasteiger partial charge on any atom is 0.253 e. The Morgan fingerprint density at radius 3 is 2.58 bits per heavy atom. The van der Waals surface area contributed by atoms with Crippen molar-refractivity contribution < 1.29 is 14.3 Å². The molecule has 0 aliphatic carbocycles. The molecule has 0 saturated heterocycles. The molecule has 1 unspecified atom stereocenters. The van der Waals surface area contributed by atoms with E-state index in [4.69, 9.17) is 10.5 Å². The van der Waals surface area contributed by atoms with Crippen LogP contribution in [0.15, 0.2) is 24.3 Å². The summed E-state index contributed by atoms with van der Waals surface area (Å²) in [7, 11) is 2.99. The van der Waals surface area contributed by atoms with Crippen molar-refractivity contribution in [2.45, 2.75) is 6.04 Å². The van der Waals surface area contributed by atoms with Gasteiger partial charge in [0, 0.05) is 14.2 Å². The van der Waals surface area contributed by atoms with Gasteiger partial charge in [-0.05, 0) is 12.1 Å².